The molecule has 0 bridgehead atoms. The lowest BCUT2D eigenvalue weighted by Gasteiger charge is -2.05. The van der Waals surface area contributed by atoms with Crippen molar-refractivity contribution in [2.45, 2.75) is 26.4 Å². The largest absolute Gasteiger partial charge is 0.435 e. The van der Waals surface area contributed by atoms with Crippen molar-refractivity contribution in [3.05, 3.63) is 33.5 Å². The first-order valence-corrected chi connectivity index (χ1v) is 7.72. The van der Waals surface area contributed by atoms with Gasteiger partial charge in [0.05, 0.1) is 5.56 Å². The van der Waals surface area contributed by atoms with Crippen LogP contribution in [-0.4, -0.2) is 21.6 Å². The third-order valence-corrected chi connectivity index (χ3v) is 4.50. The van der Waals surface area contributed by atoms with E-state index in [1.807, 2.05) is 6.92 Å². The van der Waals surface area contributed by atoms with E-state index >= 15 is 0 Å². The first kappa shape index (κ1) is 18.0. The monoisotopic (exact) mass is 360 g/mol. The first-order chi connectivity index (χ1) is 11.1. The lowest BCUT2D eigenvalue weighted by atomic mass is 10.1. The number of carbonyl (C=O) groups excluding carboxylic acids is 2. The molecule has 2 heterocycles. The van der Waals surface area contributed by atoms with Gasteiger partial charge in [0, 0.05) is 18.0 Å². The van der Waals surface area contributed by atoms with Crippen molar-refractivity contribution in [3.8, 4) is 0 Å². The Kier molecular flexibility index (Phi) is 4.70. The Balaban J connectivity index is 2.38. The van der Waals surface area contributed by atoms with Crippen molar-refractivity contribution in [2.75, 3.05) is 5.32 Å². The van der Waals surface area contributed by atoms with Gasteiger partial charge in [0.2, 0.25) is 0 Å². The van der Waals surface area contributed by atoms with Gasteiger partial charge in [0.25, 0.3) is 11.8 Å². The average Bonchev–Trinajstić information content (AvgIpc) is 2.98. The zero-order valence-electron chi connectivity index (χ0n) is 13.1. The molecule has 2 amide bonds. The summed E-state index contributed by atoms with van der Waals surface area (Å²) in [5.74, 6) is -1.50. The average molecular weight is 360 g/mol. The molecule has 0 spiro atoms. The quantitative estimate of drug-likeness (QED) is 0.878. The highest BCUT2D eigenvalue weighted by molar-refractivity contribution is 7.16. The summed E-state index contributed by atoms with van der Waals surface area (Å²) < 4.78 is 38.9. The molecule has 0 fully saturated rings. The minimum atomic E-state index is -4.65. The fourth-order valence-electron chi connectivity index (χ4n) is 2.34. The third-order valence-electron chi connectivity index (χ3n) is 3.44. The zero-order valence-corrected chi connectivity index (χ0v) is 13.9. The van der Waals surface area contributed by atoms with Crippen LogP contribution in [0.1, 0.15) is 43.9 Å². The first-order valence-electron chi connectivity index (χ1n) is 6.90. The van der Waals surface area contributed by atoms with E-state index in [1.165, 1.54) is 7.05 Å². The van der Waals surface area contributed by atoms with E-state index in [9.17, 15) is 22.8 Å². The maximum Gasteiger partial charge on any atom is 0.435 e. The molecule has 6 nitrogen and oxygen atoms in total. The molecule has 0 saturated carbocycles. The molecule has 0 atom stereocenters. The lowest BCUT2D eigenvalue weighted by Crippen LogP contribution is -2.19. The SMILES string of the molecule is CCc1c(C)sc(NC(=O)c2cc(C(F)(F)F)nn2C)c1C(N)=O. The number of nitrogens with one attached hydrogen (secondary N) is 1. The minimum Gasteiger partial charge on any atom is -0.365 e. The van der Waals surface area contributed by atoms with Crippen LogP contribution in [0.5, 0.6) is 0 Å². The van der Waals surface area contributed by atoms with Crippen molar-refractivity contribution in [1.82, 2.24) is 9.78 Å². The van der Waals surface area contributed by atoms with Crippen molar-refractivity contribution in [3.63, 3.8) is 0 Å². The van der Waals surface area contributed by atoms with E-state index < -0.39 is 23.7 Å². The number of aryl methyl sites for hydroxylation is 2. The normalized spacial score (nSPS) is 11.6. The molecule has 2 rings (SSSR count). The van der Waals surface area contributed by atoms with E-state index in [0.717, 1.165) is 20.9 Å². The standard InChI is InChI=1S/C14H15F3N4O2S/c1-4-7-6(2)24-13(10(7)11(18)22)19-12(23)8-5-9(14(15,16)17)20-21(8)3/h5H,4H2,1-3H3,(H2,18,22)(H,19,23). The number of thiophene rings is 1. The fourth-order valence-corrected chi connectivity index (χ4v) is 3.48. The Hall–Kier alpha value is -2.36. The van der Waals surface area contributed by atoms with E-state index in [1.54, 1.807) is 6.92 Å². The molecule has 0 aliphatic heterocycles. The second-order valence-corrected chi connectivity index (χ2v) is 6.27. The predicted octanol–water partition coefficient (Wildman–Crippen LogP) is 2.72. The highest BCUT2D eigenvalue weighted by atomic mass is 32.1. The molecular formula is C14H15F3N4O2S. The summed E-state index contributed by atoms with van der Waals surface area (Å²) >= 11 is 1.15. The molecule has 0 aromatic carbocycles. The van der Waals surface area contributed by atoms with Crippen molar-refractivity contribution >= 4 is 28.2 Å². The molecule has 10 heteroatoms. The molecule has 2 aromatic heterocycles. The van der Waals surface area contributed by atoms with Crippen molar-refractivity contribution < 1.29 is 22.8 Å². The van der Waals surface area contributed by atoms with Gasteiger partial charge in [0.15, 0.2) is 5.69 Å². The lowest BCUT2D eigenvalue weighted by molar-refractivity contribution is -0.141. The number of hydrogen-bond donors (Lipinski definition) is 2. The summed E-state index contributed by atoms with van der Waals surface area (Å²) in [5, 5.41) is 5.96. The number of alkyl halides is 3. The van der Waals surface area contributed by atoms with Gasteiger partial charge >= 0.3 is 6.18 Å². The van der Waals surface area contributed by atoms with Gasteiger partial charge in [-0.05, 0) is 18.9 Å². The van der Waals surface area contributed by atoms with Crippen molar-refractivity contribution in [1.29, 1.82) is 0 Å². The van der Waals surface area contributed by atoms with Gasteiger partial charge in [-0.2, -0.15) is 18.3 Å². The van der Waals surface area contributed by atoms with Crippen LogP contribution < -0.4 is 11.1 Å². The summed E-state index contributed by atoms with van der Waals surface area (Å²) in [6.45, 7) is 3.61. The van der Waals surface area contributed by atoms with Crippen LogP contribution in [0.15, 0.2) is 6.07 Å². The van der Waals surface area contributed by atoms with Gasteiger partial charge in [0.1, 0.15) is 10.7 Å². The highest BCUT2D eigenvalue weighted by Crippen LogP contribution is 2.34. The summed E-state index contributed by atoms with van der Waals surface area (Å²) in [6, 6.07) is 0.653. The summed E-state index contributed by atoms with van der Waals surface area (Å²) in [6.07, 6.45) is -4.11. The number of anilines is 1. The number of hydrogen-bond acceptors (Lipinski definition) is 4. The van der Waals surface area contributed by atoms with Crippen LogP contribution >= 0.6 is 11.3 Å². The van der Waals surface area contributed by atoms with Crippen LogP contribution in [0, 0.1) is 6.92 Å². The van der Waals surface area contributed by atoms with Crippen LogP contribution in [0.25, 0.3) is 0 Å². The molecule has 2 aromatic rings. The number of carbonyl (C=O) groups is 2. The van der Waals surface area contributed by atoms with Gasteiger partial charge in [-0.3, -0.25) is 14.3 Å². The van der Waals surface area contributed by atoms with Gasteiger partial charge < -0.3 is 11.1 Å². The van der Waals surface area contributed by atoms with E-state index in [4.69, 9.17) is 5.73 Å². The topological polar surface area (TPSA) is 90.0 Å². The summed E-state index contributed by atoms with van der Waals surface area (Å²) in [4.78, 5) is 24.7. The maximum absolute atomic E-state index is 12.7. The summed E-state index contributed by atoms with van der Waals surface area (Å²) in [5.41, 5.74) is 4.82. The molecule has 0 aliphatic carbocycles. The molecule has 0 radical (unpaired) electrons. The van der Waals surface area contributed by atoms with Gasteiger partial charge in [-0.25, -0.2) is 0 Å². The third kappa shape index (κ3) is 3.28. The van der Waals surface area contributed by atoms with Gasteiger partial charge in [-0.1, -0.05) is 6.92 Å². The number of nitrogens with two attached hydrogens (primary N) is 1. The number of amides is 2. The molecule has 0 unspecified atom stereocenters. The van der Waals surface area contributed by atoms with Crippen molar-refractivity contribution in [2.24, 2.45) is 12.8 Å². The molecular weight excluding hydrogens is 345 g/mol. The minimum absolute atomic E-state index is 0.187. The van der Waals surface area contributed by atoms with E-state index in [0.29, 0.717) is 18.1 Å². The number of primary amides is 1. The Morgan fingerprint density at radius 3 is 2.50 bits per heavy atom. The Morgan fingerprint density at radius 2 is 2.04 bits per heavy atom. The number of rotatable bonds is 4. The highest BCUT2D eigenvalue weighted by Gasteiger charge is 2.35. The van der Waals surface area contributed by atoms with Crippen LogP contribution in [0.3, 0.4) is 0 Å². The predicted molar refractivity (Wildman–Crippen MR) is 83.1 cm³/mol. The molecule has 3 N–H and O–H groups in total. The summed E-state index contributed by atoms with van der Waals surface area (Å²) in [7, 11) is 1.23. The second kappa shape index (κ2) is 6.27. The number of halogens is 3. The molecule has 130 valence electrons. The van der Waals surface area contributed by atoms with Gasteiger partial charge in [-0.15, -0.1) is 11.3 Å². The van der Waals surface area contributed by atoms with E-state index in [-0.39, 0.29) is 16.3 Å². The van der Waals surface area contributed by atoms with Crippen LogP contribution in [0.4, 0.5) is 18.2 Å². The molecule has 0 aliphatic rings. The Morgan fingerprint density at radius 1 is 1.42 bits per heavy atom. The zero-order chi connectivity index (χ0) is 18.2. The molecule has 24 heavy (non-hydrogen) atoms. The number of aromatic nitrogens is 2. The van der Waals surface area contributed by atoms with Crippen LogP contribution in [0.2, 0.25) is 0 Å². The second-order valence-electron chi connectivity index (χ2n) is 5.05. The Labute approximate surface area is 139 Å². The van der Waals surface area contributed by atoms with Crippen LogP contribution in [-0.2, 0) is 19.6 Å². The number of nitrogens with zero attached hydrogens (tertiary/aromatic N) is 2. The van der Waals surface area contributed by atoms with E-state index in [2.05, 4.69) is 10.4 Å². The Bertz CT molecular complexity index is 808. The maximum atomic E-state index is 12.7. The molecule has 0 saturated heterocycles. The smallest absolute Gasteiger partial charge is 0.365 e. The fraction of sp³-hybridized carbons (Fsp3) is 0.357.